The van der Waals surface area contributed by atoms with Gasteiger partial charge < -0.3 is 19.5 Å². The summed E-state index contributed by atoms with van der Waals surface area (Å²) in [6.07, 6.45) is 0.562. The van der Waals surface area contributed by atoms with Crippen LogP contribution in [0, 0.1) is 0 Å². The predicted molar refractivity (Wildman–Crippen MR) is 84.9 cm³/mol. The SMILES string of the molecule is COc1cc(NC(=O)Cc2cccs2)ccc1OCC1CO1. The maximum atomic E-state index is 12.0. The summed E-state index contributed by atoms with van der Waals surface area (Å²) < 4.78 is 16.1. The van der Waals surface area contributed by atoms with Gasteiger partial charge in [0.25, 0.3) is 0 Å². The van der Waals surface area contributed by atoms with Crippen LogP contribution < -0.4 is 14.8 Å². The minimum absolute atomic E-state index is 0.0513. The largest absolute Gasteiger partial charge is 0.493 e. The van der Waals surface area contributed by atoms with Crippen LogP contribution in [0.4, 0.5) is 5.69 Å². The average Bonchev–Trinajstić information content (AvgIpc) is 3.21. The molecule has 2 aromatic rings. The van der Waals surface area contributed by atoms with Crippen LogP contribution in [0.2, 0.25) is 0 Å². The summed E-state index contributed by atoms with van der Waals surface area (Å²) in [6.45, 7) is 1.26. The van der Waals surface area contributed by atoms with Crippen LogP contribution in [0.1, 0.15) is 4.88 Å². The van der Waals surface area contributed by atoms with Gasteiger partial charge in [0.15, 0.2) is 11.5 Å². The highest BCUT2D eigenvalue weighted by atomic mass is 32.1. The second-order valence-electron chi connectivity index (χ2n) is 4.94. The number of hydrogen-bond donors (Lipinski definition) is 1. The lowest BCUT2D eigenvalue weighted by Gasteiger charge is -2.12. The van der Waals surface area contributed by atoms with Gasteiger partial charge in [-0.1, -0.05) is 6.07 Å². The Morgan fingerprint density at radius 2 is 2.27 bits per heavy atom. The summed E-state index contributed by atoms with van der Waals surface area (Å²) in [7, 11) is 1.58. The van der Waals surface area contributed by atoms with E-state index in [9.17, 15) is 4.79 Å². The Balaban J connectivity index is 1.61. The van der Waals surface area contributed by atoms with Gasteiger partial charge in [0, 0.05) is 16.6 Å². The third kappa shape index (κ3) is 3.99. The first kappa shape index (κ1) is 14.9. The molecule has 116 valence electrons. The van der Waals surface area contributed by atoms with Gasteiger partial charge >= 0.3 is 0 Å². The Morgan fingerprint density at radius 3 is 2.95 bits per heavy atom. The van der Waals surface area contributed by atoms with Crippen molar-refractivity contribution in [3.05, 3.63) is 40.6 Å². The molecule has 0 aliphatic carbocycles. The zero-order valence-electron chi connectivity index (χ0n) is 12.2. The number of carbonyl (C=O) groups excluding carboxylic acids is 1. The third-order valence-corrected chi connectivity index (χ3v) is 4.07. The first-order valence-electron chi connectivity index (χ1n) is 6.99. The van der Waals surface area contributed by atoms with Gasteiger partial charge in [-0.05, 0) is 23.6 Å². The molecule has 0 bridgehead atoms. The number of thiophene rings is 1. The Hall–Kier alpha value is -2.05. The van der Waals surface area contributed by atoms with E-state index in [0.29, 0.717) is 30.2 Å². The molecular weight excluding hydrogens is 302 g/mol. The monoisotopic (exact) mass is 319 g/mol. The van der Waals surface area contributed by atoms with Crippen LogP contribution in [-0.2, 0) is 16.0 Å². The Kier molecular flexibility index (Phi) is 4.60. The van der Waals surface area contributed by atoms with Gasteiger partial charge in [-0.3, -0.25) is 4.79 Å². The standard InChI is InChI=1S/C16H17NO4S/c1-19-15-7-11(4-5-14(15)21-10-12-9-20-12)17-16(18)8-13-3-2-6-22-13/h2-7,12H,8-10H2,1H3,(H,17,18). The number of hydrogen-bond acceptors (Lipinski definition) is 5. The maximum Gasteiger partial charge on any atom is 0.229 e. The van der Waals surface area contributed by atoms with E-state index < -0.39 is 0 Å². The second kappa shape index (κ2) is 6.81. The predicted octanol–water partition coefficient (Wildman–Crippen LogP) is 2.72. The van der Waals surface area contributed by atoms with Gasteiger partial charge in [-0.25, -0.2) is 0 Å². The van der Waals surface area contributed by atoms with E-state index in [1.54, 1.807) is 36.6 Å². The Bertz CT molecular complexity index is 638. The number of epoxide rings is 1. The van der Waals surface area contributed by atoms with Crippen molar-refractivity contribution in [2.75, 3.05) is 25.6 Å². The lowest BCUT2D eigenvalue weighted by molar-refractivity contribution is -0.115. The summed E-state index contributed by atoms with van der Waals surface area (Å²) in [5.41, 5.74) is 0.688. The van der Waals surface area contributed by atoms with Crippen LogP contribution >= 0.6 is 11.3 Å². The molecule has 6 heteroatoms. The van der Waals surface area contributed by atoms with Gasteiger partial charge in [0.1, 0.15) is 12.7 Å². The summed E-state index contributed by atoms with van der Waals surface area (Å²) >= 11 is 1.57. The molecule has 1 aliphatic heterocycles. The zero-order chi connectivity index (χ0) is 15.4. The number of amides is 1. The topological polar surface area (TPSA) is 60.1 Å². The van der Waals surface area contributed by atoms with Gasteiger partial charge in [0.2, 0.25) is 5.91 Å². The molecule has 1 atom stereocenters. The van der Waals surface area contributed by atoms with Crippen LogP contribution in [0.3, 0.4) is 0 Å². The van der Waals surface area contributed by atoms with E-state index >= 15 is 0 Å². The van der Waals surface area contributed by atoms with Crippen LogP contribution in [0.5, 0.6) is 11.5 Å². The van der Waals surface area contributed by atoms with Crippen molar-refractivity contribution in [1.29, 1.82) is 0 Å². The molecular formula is C16H17NO4S. The molecule has 2 heterocycles. The summed E-state index contributed by atoms with van der Waals surface area (Å²) in [5.74, 6) is 1.19. The smallest absolute Gasteiger partial charge is 0.229 e. The number of carbonyl (C=O) groups is 1. The molecule has 5 nitrogen and oxygen atoms in total. The highest BCUT2D eigenvalue weighted by Gasteiger charge is 2.23. The molecule has 1 saturated heterocycles. The van der Waals surface area contributed by atoms with E-state index in [2.05, 4.69) is 5.32 Å². The molecule has 1 amide bonds. The van der Waals surface area contributed by atoms with E-state index in [-0.39, 0.29) is 12.0 Å². The minimum atomic E-state index is -0.0513. The molecule has 1 aromatic carbocycles. The number of methoxy groups -OCH3 is 1. The molecule has 3 rings (SSSR count). The number of anilines is 1. The quantitative estimate of drug-likeness (QED) is 0.797. The molecule has 0 radical (unpaired) electrons. The third-order valence-electron chi connectivity index (χ3n) is 3.19. The maximum absolute atomic E-state index is 12.0. The van der Waals surface area contributed by atoms with Crippen molar-refractivity contribution >= 4 is 22.9 Å². The van der Waals surface area contributed by atoms with E-state index in [4.69, 9.17) is 14.2 Å². The van der Waals surface area contributed by atoms with Gasteiger partial charge in [-0.15, -0.1) is 11.3 Å². The lowest BCUT2D eigenvalue weighted by atomic mass is 10.2. The Labute approximate surface area is 132 Å². The van der Waals surface area contributed by atoms with Gasteiger partial charge in [-0.2, -0.15) is 0 Å². The summed E-state index contributed by atoms with van der Waals surface area (Å²) in [5, 5.41) is 4.83. The fourth-order valence-electron chi connectivity index (χ4n) is 1.99. The number of ether oxygens (including phenoxy) is 3. The number of benzene rings is 1. The van der Waals surface area contributed by atoms with Crippen molar-refractivity contribution < 1.29 is 19.0 Å². The first-order valence-corrected chi connectivity index (χ1v) is 7.87. The first-order chi connectivity index (χ1) is 10.7. The molecule has 0 spiro atoms. The van der Waals surface area contributed by atoms with Crippen LogP contribution in [0.25, 0.3) is 0 Å². The second-order valence-corrected chi connectivity index (χ2v) is 5.97. The van der Waals surface area contributed by atoms with Crippen molar-refractivity contribution in [1.82, 2.24) is 0 Å². The molecule has 1 N–H and O–H groups in total. The molecule has 22 heavy (non-hydrogen) atoms. The highest BCUT2D eigenvalue weighted by molar-refractivity contribution is 7.10. The van der Waals surface area contributed by atoms with E-state index in [1.807, 2.05) is 17.5 Å². The van der Waals surface area contributed by atoms with Crippen LogP contribution in [0.15, 0.2) is 35.7 Å². The van der Waals surface area contributed by atoms with Crippen molar-refractivity contribution in [2.24, 2.45) is 0 Å². The van der Waals surface area contributed by atoms with E-state index in [0.717, 1.165) is 11.5 Å². The fourth-order valence-corrected chi connectivity index (χ4v) is 2.69. The summed E-state index contributed by atoms with van der Waals surface area (Å²) in [6, 6.07) is 9.24. The minimum Gasteiger partial charge on any atom is -0.493 e. The van der Waals surface area contributed by atoms with Crippen LogP contribution in [-0.4, -0.2) is 32.3 Å². The zero-order valence-corrected chi connectivity index (χ0v) is 13.0. The lowest BCUT2D eigenvalue weighted by Crippen LogP contribution is -2.14. The molecule has 1 fully saturated rings. The Morgan fingerprint density at radius 1 is 1.41 bits per heavy atom. The summed E-state index contributed by atoms with van der Waals surface area (Å²) in [4.78, 5) is 13.0. The fraction of sp³-hybridized carbons (Fsp3) is 0.312. The van der Waals surface area contributed by atoms with Gasteiger partial charge in [0.05, 0.1) is 20.1 Å². The number of rotatable bonds is 7. The molecule has 1 unspecified atom stereocenters. The van der Waals surface area contributed by atoms with Crippen molar-refractivity contribution in [3.63, 3.8) is 0 Å². The van der Waals surface area contributed by atoms with E-state index in [1.165, 1.54) is 0 Å². The molecule has 0 saturated carbocycles. The highest BCUT2D eigenvalue weighted by Crippen LogP contribution is 2.31. The van der Waals surface area contributed by atoms with Crippen molar-refractivity contribution in [3.8, 4) is 11.5 Å². The molecule has 1 aromatic heterocycles. The molecule has 1 aliphatic rings. The normalized spacial score (nSPS) is 16.1. The average molecular weight is 319 g/mol. The van der Waals surface area contributed by atoms with Crippen molar-refractivity contribution in [2.45, 2.75) is 12.5 Å². The number of nitrogens with one attached hydrogen (secondary N) is 1.